The van der Waals surface area contributed by atoms with Gasteiger partial charge in [0, 0.05) is 0 Å². The Labute approximate surface area is 31.2 Å². The fourth-order valence-electron chi connectivity index (χ4n) is 0. The van der Waals surface area contributed by atoms with Crippen molar-refractivity contribution in [1.29, 1.82) is 0 Å². The quantitative estimate of drug-likeness (QED) is 0.292. The van der Waals surface area contributed by atoms with Gasteiger partial charge < -0.3 is 6.15 Å². The maximum Gasteiger partial charge on any atom is -0.197 e. The van der Waals surface area contributed by atoms with Crippen molar-refractivity contribution < 1.29 is 10.5 Å². The third kappa shape index (κ3) is 63.8. The number of rotatable bonds is 0. The van der Waals surface area contributed by atoms with Crippen molar-refractivity contribution in [2.45, 2.75) is 0 Å². The van der Waals surface area contributed by atoms with Gasteiger partial charge in [0.1, 0.15) is 0 Å². The fraction of sp³-hybridized carbons (Fsp3) is 0. The van der Waals surface area contributed by atoms with E-state index in [0.717, 1.165) is 0 Å². The molecule has 0 heterocycles. The maximum atomic E-state index is 6.00. The summed E-state index contributed by atoms with van der Waals surface area (Å²) in [5.41, 5.74) is 0. The molecule has 0 bridgehead atoms. The second-order valence-corrected chi connectivity index (χ2v) is 0. The summed E-state index contributed by atoms with van der Waals surface area (Å²) in [5.74, 6) is 0. The summed E-state index contributed by atoms with van der Waals surface area (Å²) in [7, 11) is 0. The lowest BCUT2D eigenvalue weighted by Crippen LogP contribution is -1.29. The van der Waals surface area contributed by atoms with Gasteiger partial charge in [0.15, 0.2) is 0 Å². The molecule has 5 N–H and O–H groups in total. The molecule has 0 rings (SSSR count). The second kappa shape index (κ2) is 304. The minimum atomic E-state index is 0. The molecule has 0 radical (unpaired) electrons. The second-order valence-electron chi connectivity index (χ2n) is 0. The Bertz CT molecular complexity index is 6.00. The van der Waals surface area contributed by atoms with E-state index in [1.54, 1.807) is 0 Å². The van der Waals surface area contributed by atoms with Crippen molar-refractivity contribution in [3.05, 3.63) is 0 Å². The highest BCUT2D eigenvalue weighted by Crippen LogP contribution is 0.711. The van der Waals surface area contributed by atoms with Crippen LogP contribution in [0.2, 0.25) is 0 Å². The Balaban J connectivity index is -0.00000000500. The Morgan fingerprint density at radius 1 is 1.00 bits per heavy atom. The maximum absolute atomic E-state index is 6.00. The first kappa shape index (κ1) is 29.2. The van der Waals surface area contributed by atoms with Crippen LogP contribution in [0, 0.1) is 0 Å². The van der Waals surface area contributed by atoms with Crippen LogP contribution in [-0.4, -0.2) is 10.5 Å². The van der Waals surface area contributed by atoms with Gasteiger partial charge in [-0.3, -0.25) is 10.5 Å². The van der Waals surface area contributed by atoms with Gasteiger partial charge in [0.2, 0.25) is 0 Å². The predicted octanol–water partition coefficient (Wildman–Crippen LogP) is 0.292. The van der Waals surface area contributed by atoms with Crippen LogP contribution in [0.5, 0.6) is 0 Å². The van der Waals surface area contributed by atoms with Crippen LogP contribution in [0.25, 0.3) is 0 Å². The molecule has 4 heavy (non-hydrogen) atoms. The third-order valence-corrected chi connectivity index (χ3v) is 0. The van der Waals surface area contributed by atoms with Crippen molar-refractivity contribution >= 4 is 13.5 Å². The van der Waals surface area contributed by atoms with Gasteiger partial charge in [-0.05, 0) is 0 Å². The number of hydrogen-bond donors (Lipinski definition) is 3. The molecule has 3 nitrogen and oxygen atoms in total. The minimum absolute atomic E-state index is 0. The van der Waals surface area contributed by atoms with Gasteiger partial charge in [-0.2, -0.15) is 13.5 Å². The molecule has 0 spiro atoms. The van der Waals surface area contributed by atoms with E-state index in [-0.39, 0.29) is 19.6 Å². The Hall–Kier alpha value is 0.230. The molecule has 0 aromatic heterocycles. The van der Waals surface area contributed by atoms with Crippen LogP contribution in [0.1, 0.15) is 0 Å². The van der Waals surface area contributed by atoms with Crippen LogP contribution in [-0.2, 0) is 0 Å². The van der Waals surface area contributed by atoms with Crippen LogP contribution in [0.3, 0.4) is 0 Å². The van der Waals surface area contributed by atoms with Gasteiger partial charge in [0.05, 0.1) is 0 Å². The van der Waals surface area contributed by atoms with E-state index in [1.165, 1.54) is 0 Å². The third-order valence-electron chi connectivity index (χ3n) is 0. The van der Waals surface area contributed by atoms with Gasteiger partial charge in [0.25, 0.3) is 0 Å². The van der Waals surface area contributed by atoms with E-state index in [2.05, 4.69) is 0 Å². The monoisotopic (exact) mass is 85.0 g/mol. The van der Waals surface area contributed by atoms with Gasteiger partial charge in [-0.1, -0.05) is 0 Å². The van der Waals surface area contributed by atoms with Crippen LogP contribution < -0.4 is 6.15 Å². The SMILES string of the molecule is N.OO.S. The van der Waals surface area contributed by atoms with Crippen LogP contribution >= 0.6 is 13.5 Å². The highest BCUT2D eigenvalue weighted by molar-refractivity contribution is 7.59. The summed E-state index contributed by atoms with van der Waals surface area (Å²) in [6.45, 7) is 0. The lowest BCUT2D eigenvalue weighted by atomic mass is 14.0. The topological polar surface area (TPSA) is 75.5 Å². The summed E-state index contributed by atoms with van der Waals surface area (Å²) in [4.78, 5) is 0. The van der Waals surface area contributed by atoms with Crippen molar-refractivity contribution in [1.82, 2.24) is 6.15 Å². The van der Waals surface area contributed by atoms with E-state index in [9.17, 15) is 0 Å². The molecule has 0 unspecified atom stereocenters. The number of hydrogen-bond acceptors (Lipinski definition) is 3. The predicted molar refractivity (Wildman–Crippen MR) is 20.7 cm³/mol. The van der Waals surface area contributed by atoms with Crippen molar-refractivity contribution in [3.8, 4) is 0 Å². The molecule has 0 atom stereocenters. The van der Waals surface area contributed by atoms with Crippen LogP contribution in [0.4, 0.5) is 0 Å². The molecule has 0 aliphatic carbocycles. The normalized spacial score (nSPS) is 1.50. The van der Waals surface area contributed by atoms with Crippen LogP contribution in [0.15, 0.2) is 0 Å². The molecule has 0 fully saturated rings. The van der Waals surface area contributed by atoms with E-state index in [1.807, 2.05) is 0 Å². The molecule has 0 saturated heterocycles. The van der Waals surface area contributed by atoms with Gasteiger partial charge >= 0.3 is 0 Å². The lowest BCUT2D eigenvalue weighted by Gasteiger charge is -1.25. The first-order chi connectivity index (χ1) is 1.00. The Morgan fingerprint density at radius 2 is 1.00 bits per heavy atom. The van der Waals surface area contributed by atoms with Crippen molar-refractivity contribution in [3.63, 3.8) is 0 Å². The smallest absolute Gasteiger partial charge is 0.197 e. The molecule has 0 amide bonds. The minimum Gasteiger partial charge on any atom is -0.344 e. The largest absolute Gasteiger partial charge is 0.344 e. The zero-order valence-electron chi connectivity index (χ0n) is 2.10. The molecule has 0 aromatic rings. The molecule has 4 heteroatoms. The first-order valence-electron chi connectivity index (χ1n) is 0.200. The lowest BCUT2D eigenvalue weighted by molar-refractivity contribution is -0.176. The molecular formula is H7NO2S. The Kier molecular flexibility index (Phi) is 2210. The summed E-state index contributed by atoms with van der Waals surface area (Å²) in [6.07, 6.45) is 0. The summed E-state index contributed by atoms with van der Waals surface area (Å²) in [6, 6.07) is 0. The van der Waals surface area contributed by atoms with Crippen molar-refractivity contribution in [2.75, 3.05) is 0 Å². The van der Waals surface area contributed by atoms with E-state index in [0.29, 0.717) is 0 Å². The summed E-state index contributed by atoms with van der Waals surface area (Å²) >= 11 is 0. The highest BCUT2D eigenvalue weighted by atomic mass is 32.1. The van der Waals surface area contributed by atoms with Gasteiger partial charge in [-0.15, -0.1) is 0 Å². The van der Waals surface area contributed by atoms with Crippen molar-refractivity contribution in [2.24, 2.45) is 0 Å². The summed E-state index contributed by atoms with van der Waals surface area (Å²) < 4.78 is 0. The summed E-state index contributed by atoms with van der Waals surface area (Å²) in [5, 5.41) is 12.0. The average molecular weight is 85.1 g/mol. The fourth-order valence-corrected chi connectivity index (χ4v) is 0. The average Bonchev–Trinajstić information content (AvgIpc) is 1.00. The molecule has 0 aliphatic rings. The van der Waals surface area contributed by atoms with E-state index < -0.39 is 0 Å². The zero-order valence-corrected chi connectivity index (χ0v) is 3.10. The van der Waals surface area contributed by atoms with E-state index >= 15 is 0 Å². The standard InChI is InChI=1S/H3N.H2O2.H2S/c;1-2;/h1H3;1-2H;1H2. The molecule has 0 aliphatic heterocycles. The Morgan fingerprint density at radius 3 is 1.00 bits per heavy atom. The first-order valence-corrected chi connectivity index (χ1v) is 0.200. The molecule has 0 aromatic carbocycles. The molecular weight excluding hydrogens is 78.1 g/mol. The van der Waals surface area contributed by atoms with E-state index in [4.69, 9.17) is 10.5 Å². The molecule has 30 valence electrons. The zero-order chi connectivity index (χ0) is 2.00. The molecule has 0 saturated carbocycles. The van der Waals surface area contributed by atoms with Gasteiger partial charge in [-0.25, -0.2) is 0 Å². The highest BCUT2D eigenvalue weighted by Gasteiger charge is 0.745.